The van der Waals surface area contributed by atoms with Crippen LogP contribution in [-0.2, 0) is 17.9 Å². The molecule has 0 spiro atoms. The van der Waals surface area contributed by atoms with Crippen LogP contribution in [-0.4, -0.2) is 30.0 Å². The lowest BCUT2D eigenvalue weighted by atomic mass is 10.0. The Balaban J connectivity index is 1.59. The van der Waals surface area contributed by atoms with E-state index in [1.807, 2.05) is 19.1 Å². The molecule has 2 aromatic carbocycles. The van der Waals surface area contributed by atoms with Gasteiger partial charge in [-0.15, -0.1) is 0 Å². The quantitative estimate of drug-likeness (QED) is 0.738. The van der Waals surface area contributed by atoms with Crippen LogP contribution in [0.4, 0.5) is 4.39 Å². The minimum Gasteiger partial charge on any atom is -0.478 e. The minimum atomic E-state index is -0.717. The lowest BCUT2D eigenvalue weighted by Gasteiger charge is -2.27. The standard InChI is InChI=1S/C23H29FN2O2/c1-2-21(28-22-13-7-6-12-20(22)24)23(27)25-16-18-10-4-5-11-19(18)17-26-14-8-3-9-15-26/h4-7,10-13,21H,2-3,8-9,14-17H2,1H3,(H,25,27)/t21-/m1/s1. The summed E-state index contributed by atoms with van der Waals surface area (Å²) >= 11 is 0. The normalized spacial score (nSPS) is 15.8. The Hall–Kier alpha value is -2.40. The van der Waals surface area contributed by atoms with Crippen LogP contribution in [0.15, 0.2) is 48.5 Å². The first-order chi connectivity index (χ1) is 13.7. The van der Waals surface area contributed by atoms with Crippen LogP contribution in [0, 0.1) is 5.82 Å². The minimum absolute atomic E-state index is 0.106. The Labute approximate surface area is 166 Å². The summed E-state index contributed by atoms with van der Waals surface area (Å²) in [5, 5.41) is 2.96. The Kier molecular flexibility index (Phi) is 7.43. The van der Waals surface area contributed by atoms with Crippen LogP contribution < -0.4 is 10.1 Å². The van der Waals surface area contributed by atoms with Gasteiger partial charge in [-0.2, -0.15) is 0 Å². The maximum absolute atomic E-state index is 13.8. The highest BCUT2D eigenvalue weighted by molar-refractivity contribution is 5.81. The summed E-state index contributed by atoms with van der Waals surface area (Å²) in [6.45, 7) is 5.48. The predicted molar refractivity (Wildman–Crippen MR) is 109 cm³/mol. The molecule has 5 heteroatoms. The Bertz CT molecular complexity index is 775. The summed E-state index contributed by atoms with van der Waals surface area (Å²) in [7, 11) is 0. The highest BCUT2D eigenvalue weighted by Gasteiger charge is 2.20. The van der Waals surface area contributed by atoms with E-state index in [0.717, 1.165) is 25.2 Å². The van der Waals surface area contributed by atoms with E-state index in [-0.39, 0.29) is 11.7 Å². The maximum Gasteiger partial charge on any atom is 0.261 e. The number of amides is 1. The monoisotopic (exact) mass is 384 g/mol. The first kappa shape index (κ1) is 20.3. The molecule has 1 aliphatic heterocycles. The van der Waals surface area contributed by atoms with Crippen LogP contribution >= 0.6 is 0 Å². The summed E-state index contributed by atoms with van der Waals surface area (Å²) < 4.78 is 19.4. The molecule has 1 heterocycles. The Morgan fingerprint density at radius 2 is 1.75 bits per heavy atom. The third kappa shape index (κ3) is 5.55. The van der Waals surface area contributed by atoms with Gasteiger partial charge in [0.2, 0.25) is 0 Å². The number of hydrogen-bond acceptors (Lipinski definition) is 3. The molecule has 1 amide bonds. The molecule has 1 fully saturated rings. The van der Waals surface area contributed by atoms with Gasteiger partial charge < -0.3 is 10.1 Å². The summed E-state index contributed by atoms with van der Waals surface area (Å²) in [5.74, 6) is -0.575. The number of hydrogen-bond donors (Lipinski definition) is 1. The molecule has 0 aliphatic carbocycles. The number of halogens is 1. The highest BCUT2D eigenvalue weighted by atomic mass is 19.1. The number of rotatable bonds is 8. The molecule has 1 aliphatic rings. The van der Waals surface area contributed by atoms with Crippen molar-refractivity contribution in [1.29, 1.82) is 0 Å². The van der Waals surface area contributed by atoms with E-state index in [0.29, 0.717) is 13.0 Å². The number of nitrogens with zero attached hydrogens (tertiary/aromatic N) is 1. The summed E-state index contributed by atoms with van der Waals surface area (Å²) in [5.41, 5.74) is 2.36. The molecule has 0 aromatic heterocycles. The van der Waals surface area contributed by atoms with Crippen molar-refractivity contribution in [2.45, 2.75) is 51.8 Å². The largest absolute Gasteiger partial charge is 0.478 e. The van der Waals surface area contributed by atoms with Crippen molar-refractivity contribution >= 4 is 5.91 Å². The first-order valence-corrected chi connectivity index (χ1v) is 10.2. The van der Waals surface area contributed by atoms with Crippen molar-refractivity contribution in [2.24, 2.45) is 0 Å². The fourth-order valence-corrected chi connectivity index (χ4v) is 3.55. The predicted octanol–water partition coefficient (Wildman–Crippen LogP) is 4.29. The SMILES string of the molecule is CC[C@@H](Oc1ccccc1F)C(=O)NCc1ccccc1CN1CCCCC1. The molecule has 1 saturated heterocycles. The number of para-hydroxylation sites is 1. The van der Waals surface area contributed by atoms with E-state index in [2.05, 4.69) is 22.3 Å². The van der Waals surface area contributed by atoms with Crippen molar-refractivity contribution < 1.29 is 13.9 Å². The Morgan fingerprint density at radius 3 is 2.46 bits per heavy atom. The van der Waals surface area contributed by atoms with Gasteiger partial charge >= 0.3 is 0 Å². The third-order valence-corrected chi connectivity index (χ3v) is 5.18. The van der Waals surface area contributed by atoms with E-state index < -0.39 is 11.9 Å². The molecule has 0 bridgehead atoms. The van der Waals surface area contributed by atoms with Crippen LogP contribution in [0.25, 0.3) is 0 Å². The van der Waals surface area contributed by atoms with Crippen LogP contribution in [0.3, 0.4) is 0 Å². The molecule has 0 saturated carbocycles. The second-order valence-electron chi connectivity index (χ2n) is 7.27. The van der Waals surface area contributed by atoms with Gasteiger partial charge in [-0.1, -0.05) is 49.7 Å². The number of piperidine rings is 1. The summed E-state index contributed by atoms with van der Waals surface area (Å²) in [4.78, 5) is 15.1. The number of carbonyl (C=O) groups is 1. The first-order valence-electron chi connectivity index (χ1n) is 10.2. The van der Waals surface area contributed by atoms with Gasteiger partial charge in [0, 0.05) is 13.1 Å². The van der Waals surface area contributed by atoms with E-state index in [9.17, 15) is 9.18 Å². The molecule has 2 aromatic rings. The maximum atomic E-state index is 13.8. The van der Waals surface area contributed by atoms with E-state index in [1.54, 1.807) is 18.2 Å². The molecule has 1 atom stereocenters. The lowest BCUT2D eigenvalue weighted by molar-refractivity contribution is -0.128. The number of ether oxygens (including phenoxy) is 1. The molecule has 3 rings (SSSR count). The molecule has 0 radical (unpaired) electrons. The molecule has 28 heavy (non-hydrogen) atoms. The molecule has 4 nitrogen and oxygen atoms in total. The number of likely N-dealkylation sites (tertiary alicyclic amines) is 1. The zero-order valence-corrected chi connectivity index (χ0v) is 16.5. The van der Waals surface area contributed by atoms with E-state index in [1.165, 1.54) is 30.9 Å². The summed E-state index contributed by atoms with van der Waals surface area (Å²) in [6.07, 6.45) is 3.57. The van der Waals surface area contributed by atoms with Gasteiger partial charge in [-0.25, -0.2) is 4.39 Å². The van der Waals surface area contributed by atoms with Crippen molar-refractivity contribution in [1.82, 2.24) is 10.2 Å². The second kappa shape index (κ2) is 10.2. The fourth-order valence-electron chi connectivity index (χ4n) is 3.55. The molecule has 150 valence electrons. The topological polar surface area (TPSA) is 41.6 Å². The Morgan fingerprint density at radius 1 is 1.07 bits per heavy atom. The summed E-state index contributed by atoms with van der Waals surface area (Å²) in [6, 6.07) is 14.4. The second-order valence-corrected chi connectivity index (χ2v) is 7.27. The zero-order chi connectivity index (χ0) is 19.8. The average Bonchev–Trinajstić information content (AvgIpc) is 2.73. The van der Waals surface area contributed by atoms with E-state index >= 15 is 0 Å². The molecular formula is C23H29FN2O2. The number of benzene rings is 2. The van der Waals surface area contributed by atoms with Gasteiger partial charge in [0.25, 0.3) is 5.91 Å². The van der Waals surface area contributed by atoms with Crippen LogP contribution in [0.2, 0.25) is 0 Å². The smallest absolute Gasteiger partial charge is 0.261 e. The van der Waals surface area contributed by atoms with Crippen molar-refractivity contribution in [2.75, 3.05) is 13.1 Å². The van der Waals surface area contributed by atoms with Crippen molar-refractivity contribution in [3.05, 3.63) is 65.5 Å². The average molecular weight is 384 g/mol. The third-order valence-electron chi connectivity index (χ3n) is 5.18. The van der Waals surface area contributed by atoms with Gasteiger partial charge in [0.15, 0.2) is 17.7 Å². The van der Waals surface area contributed by atoms with Gasteiger partial charge in [-0.05, 0) is 55.6 Å². The molecule has 1 N–H and O–H groups in total. The fraction of sp³-hybridized carbons (Fsp3) is 0.435. The van der Waals surface area contributed by atoms with Crippen LogP contribution in [0.5, 0.6) is 5.75 Å². The highest BCUT2D eigenvalue weighted by Crippen LogP contribution is 2.19. The zero-order valence-electron chi connectivity index (χ0n) is 16.5. The van der Waals surface area contributed by atoms with Gasteiger partial charge in [-0.3, -0.25) is 9.69 Å². The van der Waals surface area contributed by atoms with Crippen molar-refractivity contribution in [3.63, 3.8) is 0 Å². The van der Waals surface area contributed by atoms with Crippen LogP contribution in [0.1, 0.15) is 43.7 Å². The lowest BCUT2D eigenvalue weighted by Crippen LogP contribution is -2.38. The van der Waals surface area contributed by atoms with Gasteiger partial charge in [0.1, 0.15) is 0 Å². The number of carbonyl (C=O) groups excluding carboxylic acids is 1. The van der Waals surface area contributed by atoms with Gasteiger partial charge in [0.05, 0.1) is 0 Å². The van der Waals surface area contributed by atoms with E-state index in [4.69, 9.17) is 4.74 Å². The van der Waals surface area contributed by atoms with Crippen molar-refractivity contribution in [3.8, 4) is 5.75 Å². The number of nitrogens with one attached hydrogen (secondary N) is 1. The molecular weight excluding hydrogens is 355 g/mol. The molecule has 0 unspecified atom stereocenters.